The number of nitrogens with zero attached hydrogens (tertiary/aromatic N) is 3. The number of allylic oxidation sites excluding steroid dienone is 8. The predicted octanol–water partition coefficient (Wildman–Crippen LogP) is 13.5. The molecule has 0 unspecified atom stereocenters. The van der Waals surface area contributed by atoms with Crippen LogP contribution >= 0.6 is 45.2 Å². The summed E-state index contributed by atoms with van der Waals surface area (Å²) in [5.41, 5.74) is 13.1. The maximum absolute atomic E-state index is 11.5. The summed E-state index contributed by atoms with van der Waals surface area (Å²) in [6.45, 7) is 19.2. The first-order chi connectivity index (χ1) is 29.2. The number of benzene rings is 4. The van der Waals surface area contributed by atoms with Crippen LogP contribution in [0.4, 0.5) is 22.7 Å². The Balaban J connectivity index is 0.00000307. The summed E-state index contributed by atoms with van der Waals surface area (Å²) in [4.78, 5) is 4.91. The zero-order chi connectivity index (χ0) is 44.0. The van der Waals surface area contributed by atoms with E-state index in [2.05, 4.69) is 229 Å². The van der Waals surface area contributed by atoms with Gasteiger partial charge in [-0.15, -0.1) is 13.2 Å². The molecule has 0 atom stereocenters. The minimum atomic E-state index is -4.26. The van der Waals surface area contributed by atoms with Gasteiger partial charge in [-0.1, -0.05) is 96.0 Å². The number of para-hydroxylation sites is 2. The van der Waals surface area contributed by atoms with E-state index in [1.165, 1.54) is 65.0 Å². The smallest absolute Gasteiger partial charge is 0.218 e. The summed E-state index contributed by atoms with van der Waals surface area (Å²) in [5.74, 6) is -0.343. The van der Waals surface area contributed by atoms with Crippen molar-refractivity contribution in [1.82, 2.24) is 4.58 Å². The lowest BCUT2D eigenvalue weighted by Crippen LogP contribution is -2.27. The molecule has 0 bridgehead atoms. The number of unbranched alkanes of at least 4 members (excludes halogenated alkanes) is 3. The van der Waals surface area contributed by atoms with Gasteiger partial charge in [0, 0.05) is 95.0 Å². The third-order valence-corrected chi connectivity index (χ3v) is 14.3. The molecule has 3 aliphatic rings. The van der Waals surface area contributed by atoms with E-state index in [1.54, 1.807) is 0 Å². The second-order valence-electron chi connectivity index (χ2n) is 16.9. The largest absolute Gasteiger partial charge is 0.748 e. The van der Waals surface area contributed by atoms with Crippen molar-refractivity contribution in [2.24, 2.45) is 0 Å². The number of hydrogen-bond acceptors (Lipinski definition) is 5. The normalized spacial score (nSPS) is 19.1. The zero-order valence-corrected chi connectivity index (χ0v) is 41.4. The predicted molar refractivity (Wildman–Crippen MR) is 275 cm³/mol. The van der Waals surface area contributed by atoms with Crippen LogP contribution in [0.3, 0.4) is 0 Å². The van der Waals surface area contributed by atoms with E-state index in [1.807, 2.05) is 0 Å². The van der Waals surface area contributed by atoms with Crippen LogP contribution < -0.4 is 14.4 Å². The summed E-state index contributed by atoms with van der Waals surface area (Å²) < 4.78 is 39.3. The van der Waals surface area contributed by atoms with Gasteiger partial charge in [0.1, 0.15) is 0 Å². The van der Waals surface area contributed by atoms with Crippen molar-refractivity contribution in [3.8, 4) is 0 Å². The summed E-state index contributed by atoms with van der Waals surface area (Å²) in [6.07, 6.45) is 15.7. The lowest BCUT2D eigenvalue weighted by molar-refractivity contribution is 0.460. The molecule has 7 rings (SSSR count). The van der Waals surface area contributed by atoms with Gasteiger partial charge in [0.05, 0.1) is 10.1 Å². The first kappa shape index (κ1) is 46.7. The quantitative estimate of drug-likeness (QED) is 0.0439. The maximum atomic E-state index is 11.5. The zero-order valence-electron chi connectivity index (χ0n) is 36.3. The molecule has 1 saturated carbocycles. The molecule has 0 saturated heterocycles. The topological polar surface area (TPSA) is 66.7 Å². The van der Waals surface area contributed by atoms with Crippen LogP contribution in [-0.4, -0.2) is 37.5 Å². The molecule has 0 radical (unpaired) electrons. The molecule has 9 heteroatoms. The second kappa shape index (κ2) is 20.2. The fourth-order valence-corrected chi connectivity index (χ4v) is 10.6. The minimum absolute atomic E-state index is 0.150. The van der Waals surface area contributed by atoms with Crippen LogP contribution in [0.1, 0.15) is 90.7 Å². The monoisotopic (exact) mass is 1060 g/mol. The van der Waals surface area contributed by atoms with Gasteiger partial charge in [0.15, 0.2) is 0 Å². The van der Waals surface area contributed by atoms with E-state index in [0.29, 0.717) is 19.4 Å². The Morgan fingerprint density at radius 2 is 1.08 bits per heavy atom. The molecule has 1 aliphatic carbocycles. The summed E-state index contributed by atoms with van der Waals surface area (Å²) in [7, 11) is -4.26. The number of anilines is 2. The molecule has 320 valence electrons. The Morgan fingerprint density at radius 1 is 0.656 bits per heavy atom. The van der Waals surface area contributed by atoms with Gasteiger partial charge < -0.3 is 14.4 Å². The Morgan fingerprint density at radius 3 is 1.49 bits per heavy atom. The summed E-state index contributed by atoms with van der Waals surface area (Å²) in [6, 6.07) is 34.9. The Hall–Kier alpha value is -3.78. The molecular formula is C52H59I2N3O3S. The molecular weight excluding hydrogens is 1000 g/mol. The Kier molecular flexibility index (Phi) is 15.4. The highest BCUT2D eigenvalue weighted by atomic mass is 127. The standard InChI is InChI=1S/C50H55I2N3O3S.C2H4/c1-6-7-14-31-53-44-27-25-38(51)34-42(44)49(2,3)46(53)29-23-36-21-22-37(48(36)55(40-17-10-8-11-18-40)41-19-12-9-13-20-41)24-30-47-50(4,5)43-35-39(52)26-28-45(43)54(47)32-15-16-33-59(56,57)58;1-2/h8-13,17-20,23-30,34-35H,6-7,14-16,21-22,31-33H2,1-5H3;1-2H2. The van der Waals surface area contributed by atoms with Crippen molar-refractivity contribution in [1.29, 1.82) is 0 Å². The first-order valence-electron chi connectivity index (χ1n) is 21.4. The van der Waals surface area contributed by atoms with Crippen LogP contribution in [-0.2, 0) is 20.9 Å². The van der Waals surface area contributed by atoms with Gasteiger partial charge in [-0.05, 0) is 137 Å². The molecule has 4 aromatic rings. The highest BCUT2D eigenvalue weighted by Gasteiger charge is 2.42. The van der Waals surface area contributed by atoms with Gasteiger partial charge >= 0.3 is 0 Å². The molecule has 0 aromatic heterocycles. The summed E-state index contributed by atoms with van der Waals surface area (Å²) in [5, 5.41) is 0. The molecule has 0 amide bonds. The third kappa shape index (κ3) is 10.4. The van der Waals surface area contributed by atoms with E-state index in [0.717, 1.165) is 42.9 Å². The fraction of sp³-hybridized carbons (Fsp3) is 0.327. The van der Waals surface area contributed by atoms with Gasteiger partial charge in [0.2, 0.25) is 17.1 Å². The highest BCUT2D eigenvalue weighted by molar-refractivity contribution is 14.1. The lowest BCUT2D eigenvalue weighted by atomic mass is 9.83. The van der Waals surface area contributed by atoms with Gasteiger partial charge in [-0.3, -0.25) is 0 Å². The molecule has 0 N–H and O–H groups in total. The lowest BCUT2D eigenvalue weighted by Gasteiger charge is -2.27. The van der Waals surface area contributed by atoms with E-state index in [4.69, 9.17) is 0 Å². The number of hydrogen-bond donors (Lipinski definition) is 0. The van der Waals surface area contributed by atoms with Crippen LogP contribution in [0.5, 0.6) is 0 Å². The number of rotatable bonds is 13. The van der Waals surface area contributed by atoms with Gasteiger partial charge in [0.25, 0.3) is 0 Å². The number of halogens is 2. The van der Waals surface area contributed by atoms with E-state index < -0.39 is 10.1 Å². The van der Waals surface area contributed by atoms with Crippen molar-refractivity contribution in [3.63, 3.8) is 0 Å². The van der Waals surface area contributed by atoms with Crippen LogP contribution in [0.15, 0.2) is 157 Å². The van der Waals surface area contributed by atoms with Crippen LogP contribution in [0.25, 0.3) is 0 Å². The van der Waals surface area contributed by atoms with Gasteiger partial charge in [-0.25, -0.2) is 8.42 Å². The van der Waals surface area contributed by atoms with Crippen molar-refractivity contribution >= 4 is 83.8 Å². The Bertz CT molecular complexity index is 2440. The number of fused-ring (bicyclic) bond motifs is 2. The van der Waals surface area contributed by atoms with Gasteiger partial charge in [-0.2, -0.15) is 4.58 Å². The van der Waals surface area contributed by atoms with Crippen LogP contribution in [0.2, 0.25) is 0 Å². The van der Waals surface area contributed by atoms with Crippen molar-refractivity contribution in [2.45, 2.75) is 90.4 Å². The molecule has 61 heavy (non-hydrogen) atoms. The van der Waals surface area contributed by atoms with Crippen molar-refractivity contribution in [2.75, 3.05) is 28.6 Å². The average molecular weight is 1060 g/mol. The van der Waals surface area contributed by atoms with Crippen LogP contribution in [0, 0.1) is 7.14 Å². The first-order valence-corrected chi connectivity index (χ1v) is 25.1. The molecule has 6 nitrogen and oxygen atoms in total. The minimum Gasteiger partial charge on any atom is -0.748 e. The highest BCUT2D eigenvalue weighted by Crippen LogP contribution is 2.50. The van der Waals surface area contributed by atoms with E-state index in [9.17, 15) is 13.0 Å². The Labute approximate surface area is 392 Å². The maximum Gasteiger partial charge on any atom is 0.218 e. The summed E-state index contributed by atoms with van der Waals surface area (Å²) >= 11 is 4.83. The fourth-order valence-electron chi connectivity index (χ4n) is 9.09. The van der Waals surface area contributed by atoms with E-state index >= 15 is 0 Å². The molecule has 4 aromatic carbocycles. The molecule has 2 heterocycles. The van der Waals surface area contributed by atoms with Crippen molar-refractivity contribution in [3.05, 3.63) is 175 Å². The molecule has 0 spiro atoms. The van der Waals surface area contributed by atoms with E-state index in [-0.39, 0.29) is 16.6 Å². The second-order valence-corrected chi connectivity index (χ2v) is 20.9. The SMILES string of the molecule is C=C.CCCCCN1C(=CC=C2CC/C(=C\C=C3\N(CCCCS(=O)(=O)[O-])c4ccc(I)cc4C3(C)C)C2=[N+](c2ccccc2)c2ccccc2)C(C)(C)c2cc(I)ccc21. The molecule has 2 aliphatic heterocycles. The molecule has 1 fully saturated rings. The third-order valence-electron chi connectivity index (χ3n) is 12.1. The average Bonchev–Trinajstić information content (AvgIpc) is 3.80. The van der Waals surface area contributed by atoms with Crippen molar-refractivity contribution < 1.29 is 13.0 Å².